The Balaban J connectivity index is 2.50. The van der Waals surface area contributed by atoms with Crippen molar-refractivity contribution in [1.82, 2.24) is 0 Å². The molecule has 3 rings (SSSR count). The van der Waals surface area contributed by atoms with E-state index in [0.29, 0.717) is 27.4 Å². The molecule has 0 atom stereocenters. The number of benzene rings is 2. The molecule has 0 spiro atoms. The maximum absolute atomic E-state index is 11.4. The summed E-state index contributed by atoms with van der Waals surface area (Å²) in [4.78, 5) is -0.617. The fraction of sp³-hybridized carbons (Fsp3) is 0.133. The van der Waals surface area contributed by atoms with E-state index in [2.05, 4.69) is 0 Å². The molecule has 0 fully saturated rings. The minimum atomic E-state index is -4.60. The van der Waals surface area contributed by atoms with Crippen LogP contribution in [-0.2, 0) is 27.3 Å². The normalized spacial score (nSPS) is 12.8. The van der Waals surface area contributed by atoms with Gasteiger partial charge in [-0.15, -0.1) is 0 Å². The van der Waals surface area contributed by atoms with E-state index in [-0.39, 0.29) is 9.79 Å². The lowest BCUT2D eigenvalue weighted by Gasteiger charge is -2.11. The Hall–Kier alpha value is -2.07. The summed E-state index contributed by atoms with van der Waals surface area (Å²) in [7, 11) is -7.23. The zero-order valence-electron chi connectivity index (χ0n) is 12.7. The first kappa shape index (κ1) is 16.8. The quantitative estimate of drug-likeness (QED) is 0.414. The zero-order valence-corrected chi connectivity index (χ0v) is 14.3. The van der Waals surface area contributed by atoms with Gasteiger partial charge in [0, 0.05) is 12.1 Å². The second kappa shape index (κ2) is 5.21. The van der Waals surface area contributed by atoms with E-state index in [4.69, 9.17) is 0 Å². The molecule has 0 amide bonds. The topological polar surface area (TPSA) is 115 Å². The van der Waals surface area contributed by atoms with Gasteiger partial charge in [0.25, 0.3) is 10.1 Å². The molecule has 1 heterocycles. The van der Waals surface area contributed by atoms with Crippen LogP contribution >= 0.6 is 0 Å². The van der Waals surface area contributed by atoms with Crippen molar-refractivity contribution in [3.8, 4) is 0 Å². The lowest BCUT2D eigenvalue weighted by molar-refractivity contribution is -0.617. The zero-order chi connectivity index (χ0) is 17.9. The lowest BCUT2D eigenvalue weighted by atomic mass is 10.0. The van der Waals surface area contributed by atoms with Crippen molar-refractivity contribution in [3.63, 3.8) is 0 Å². The molecule has 0 aliphatic heterocycles. The first-order chi connectivity index (χ1) is 11.0. The number of aromatic nitrogens is 1. The molecule has 24 heavy (non-hydrogen) atoms. The summed E-state index contributed by atoms with van der Waals surface area (Å²) in [5.74, 6) is 0. The fourth-order valence-corrected chi connectivity index (χ4v) is 3.81. The van der Waals surface area contributed by atoms with Crippen LogP contribution in [0.15, 0.2) is 46.2 Å². The van der Waals surface area contributed by atoms with Crippen molar-refractivity contribution in [2.24, 2.45) is 7.05 Å². The van der Waals surface area contributed by atoms with Crippen LogP contribution in [0.4, 0.5) is 0 Å². The minimum absolute atomic E-state index is 0.259. The van der Waals surface area contributed by atoms with Crippen molar-refractivity contribution in [2.45, 2.75) is 16.7 Å². The predicted octanol–water partition coefficient (Wildman–Crippen LogP) is 1.28. The van der Waals surface area contributed by atoms with Gasteiger partial charge in [0.15, 0.2) is 0 Å². The second-order valence-electron chi connectivity index (χ2n) is 5.47. The highest BCUT2D eigenvalue weighted by Gasteiger charge is 2.19. The number of hydrogen-bond acceptors (Lipinski definition) is 5. The lowest BCUT2D eigenvalue weighted by Crippen LogP contribution is -2.30. The Morgan fingerprint density at radius 1 is 0.917 bits per heavy atom. The molecule has 1 N–H and O–H groups in total. The number of rotatable bonds is 2. The van der Waals surface area contributed by atoms with Crippen molar-refractivity contribution in [2.75, 3.05) is 0 Å². The van der Waals surface area contributed by atoms with Gasteiger partial charge in [-0.2, -0.15) is 13.0 Å². The highest BCUT2D eigenvalue weighted by Crippen LogP contribution is 2.27. The summed E-state index contributed by atoms with van der Waals surface area (Å²) >= 11 is 0. The van der Waals surface area contributed by atoms with Crippen LogP contribution in [0.25, 0.3) is 21.8 Å². The number of pyridine rings is 1. The molecule has 3 aromatic rings. The molecule has 9 heteroatoms. The highest BCUT2D eigenvalue weighted by molar-refractivity contribution is 7.86. The van der Waals surface area contributed by atoms with Crippen molar-refractivity contribution >= 4 is 42.0 Å². The SMILES string of the molecule is Cc1c2cc(S(=O)(=O)[O-])ccc2[n+](C)c2ccc(S(=O)(=O)O)cc12. The van der Waals surface area contributed by atoms with E-state index in [1.807, 2.05) is 0 Å². The molecule has 0 aliphatic rings. The van der Waals surface area contributed by atoms with Crippen LogP contribution < -0.4 is 4.57 Å². The van der Waals surface area contributed by atoms with E-state index < -0.39 is 20.2 Å². The van der Waals surface area contributed by atoms with Crippen molar-refractivity contribution in [3.05, 3.63) is 42.0 Å². The molecule has 0 saturated heterocycles. The van der Waals surface area contributed by atoms with Crippen molar-refractivity contribution < 1.29 is 30.5 Å². The smallest absolute Gasteiger partial charge is 0.294 e. The summed E-state index contributed by atoms with van der Waals surface area (Å²) in [6.07, 6.45) is 0. The van der Waals surface area contributed by atoms with E-state index in [1.165, 1.54) is 30.3 Å². The van der Waals surface area contributed by atoms with Crippen LogP contribution in [0.3, 0.4) is 0 Å². The Kier molecular flexibility index (Phi) is 3.64. The molecule has 0 unspecified atom stereocenters. The third-order valence-corrected chi connectivity index (χ3v) is 5.73. The summed E-state index contributed by atoms with van der Waals surface area (Å²) in [6.45, 7) is 1.69. The van der Waals surface area contributed by atoms with Gasteiger partial charge in [0.1, 0.15) is 17.2 Å². The number of nitrogens with zero attached hydrogens (tertiary/aromatic N) is 1. The summed E-state index contributed by atoms with van der Waals surface area (Å²) in [5, 5.41) is 1.04. The maximum Gasteiger partial charge on any atom is 0.294 e. The molecule has 126 valence electrons. The van der Waals surface area contributed by atoms with E-state index in [1.54, 1.807) is 24.6 Å². The van der Waals surface area contributed by atoms with Crippen LogP contribution in [0.2, 0.25) is 0 Å². The van der Waals surface area contributed by atoms with Gasteiger partial charge in [-0.25, -0.2) is 8.42 Å². The minimum Gasteiger partial charge on any atom is -0.744 e. The first-order valence-electron chi connectivity index (χ1n) is 6.79. The monoisotopic (exact) mass is 367 g/mol. The number of hydrogen-bond donors (Lipinski definition) is 1. The van der Waals surface area contributed by atoms with Gasteiger partial charge in [-0.3, -0.25) is 4.55 Å². The predicted molar refractivity (Wildman–Crippen MR) is 85.1 cm³/mol. The van der Waals surface area contributed by atoms with Crippen LogP contribution in [0, 0.1) is 6.92 Å². The molecular formula is C15H13NO6S2. The van der Waals surface area contributed by atoms with Crippen LogP contribution in [0.5, 0.6) is 0 Å². The standard InChI is InChI=1S/C15H13NO6S2/c1-9-12-7-10(23(17,18)19)3-5-14(12)16(2)15-6-4-11(8-13(9)15)24(20,21)22/h3-8H,1-2H3,(H-,17,18,19,20,21,22). The fourth-order valence-electron chi connectivity index (χ4n) is 2.81. The Morgan fingerprint density at radius 2 is 1.38 bits per heavy atom. The van der Waals surface area contributed by atoms with E-state index in [0.717, 1.165) is 0 Å². The Bertz CT molecular complexity index is 1120. The number of fused-ring (bicyclic) bond motifs is 2. The van der Waals surface area contributed by atoms with E-state index in [9.17, 15) is 25.9 Å². The molecule has 1 aromatic heterocycles. The van der Waals surface area contributed by atoms with Gasteiger partial charge in [0.05, 0.1) is 20.6 Å². The second-order valence-corrected chi connectivity index (χ2v) is 8.27. The van der Waals surface area contributed by atoms with Gasteiger partial charge < -0.3 is 4.55 Å². The van der Waals surface area contributed by atoms with Crippen LogP contribution in [0.1, 0.15) is 5.56 Å². The highest BCUT2D eigenvalue weighted by atomic mass is 32.2. The Morgan fingerprint density at radius 3 is 1.83 bits per heavy atom. The molecular weight excluding hydrogens is 354 g/mol. The van der Waals surface area contributed by atoms with Gasteiger partial charge in [0.2, 0.25) is 11.0 Å². The van der Waals surface area contributed by atoms with E-state index >= 15 is 0 Å². The average molecular weight is 367 g/mol. The molecule has 7 nitrogen and oxygen atoms in total. The molecule has 0 radical (unpaired) electrons. The van der Waals surface area contributed by atoms with Gasteiger partial charge >= 0.3 is 0 Å². The summed E-state index contributed by atoms with van der Waals surface area (Å²) in [6, 6.07) is 8.21. The number of aryl methyl sites for hydroxylation is 2. The van der Waals surface area contributed by atoms with Crippen molar-refractivity contribution in [1.29, 1.82) is 0 Å². The molecule has 0 bridgehead atoms. The van der Waals surface area contributed by atoms with Crippen LogP contribution in [-0.4, -0.2) is 25.9 Å². The largest absolute Gasteiger partial charge is 0.744 e. The van der Waals surface area contributed by atoms with Gasteiger partial charge in [-0.1, -0.05) is 0 Å². The maximum atomic E-state index is 11.4. The third-order valence-electron chi connectivity index (χ3n) is 4.05. The molecule has 2 aromatic carbocycles. The average Bonchev–Trinajstić information content (AvgIpc) is 2.49. The summed E-state index contributed by atoms with van der Waals surface area (Å²) in [5.41, 5.74) is 1.99. The Labute approximate surface area is 138 Å². The summed E-state index contributed by atoms with van der Waals surface area (Å²) < 4.78 is 67.4. The first-order valence-corrected chi connectivity index (χ1v) is 9.64. The molecule has 0 saturated carbocycles. The molecule has 0 aliphatic carbocycles. The third kappa shape index (κ3) is 2.65. The van der Waals surface area contributed by atoms with Gasteiger partial charge in [-0.05, 0) is 36.8 Å².